The van der Waals surface area contributed by atoms with Gasteiger partial charge in [0, 0.05) is 25.5 Å². The lowest BCUT2D eigenvalue weighted by atomic mass is 10.2. The molecule has 2 rings (SSSR count). The fourth-order valence-electron chi connectivity index (χ4n) is 1.49. The third kappa shape index (κ3) is 1.61. The summed E-state index contributed by atoms with van der Waals surface area (Å²) in [5.74, 6) is 5.53. The van der Waals surface area contributed by atoms with E-state index < -0.39 is 0 Å². The van der Waals surface area contributed by atoms with E-state index in [0.29, 0.717) is 0 Å². The van der Waals surface area contributed by atoms with Crippen LogP contribution in [0, 0.1) is 0 Å². The Morgan fingerprint density at radius 2 is 1.58 bits per heavy atom. The van der Waals surface area contributed by atoms with E-state index in [1.807, 2.05) is 26.2 Å². The number of hydrogen-bond acceptors (Lipinski definition) is 2. The van der Waals surface area contributed by atoms with Crippen LogP contribution in [0.15, 0.2) is 12.4 Å². The first-order chi connectivity index (χ1) is 5.75. The fraction of sp³-hybridized carbons (Fsp3) is 0.556. The number of rotatable bonds is 0. The maximum atomic E-state index is 5.53. The van der Waals surface area contributed by atoms with Gasteiger partial charge < -0.3 is 5.84 Å². The molecule has 3 heteroatoms. The maximum Gasteiger partial charge on any atom is 0.0304 e. The van der Waals surface area contributed by atoms with Gasteiger partial charge in [-0.1, -0.05) is 13.8 Å². The minimum Gasteiger partial charge on any atom is -0.340 e. The highest BCUT2D eigenvalue weighted by atomic mass is 15.3. The van der Waals surface area contributed by atoms with Crippen molar-refractivity contribution in [1.29, 1.82) is 0 Å². The molecule has 0 amide bonds. The molecular formula is C9H17N3. The Bertz CT molecular complexity index is 229. The molecule has 0 saturated heterocycles. The second-order valence-corrected chi connectivity index (χ2v) is 2.93. The molecule has 1 aliphatic rings. The average Bonchev–Trinajstić information content (AvgIpc) is 2.48. The summed E-state index contributed by atoms with van der Waals surface area (Å²) in [5.41, 5.74) is 2.73. The molecule has 1 aromatic rings. The van der Waals surface area contributed by atoms with Gasteiger partial charge in [-0.25, -0.2) is 0 Å². The van der Waals surface area contributed by atoms with Crippen molar-refractivity contribution in [2.24, 2.45) is 0 Å². The predicted octanol–water partition coefficient (Wildman–Crippen LogP) is 1.17. The third-order valence-corrected chi connectivity index (χ3v) is 1.90. The van der Waals surface area contributed by atoms with Crippen molar-refractivity contribution in [3.63, 3.8) is 0 Å². The molecular weight excluding hydrogens is 150 g/mol. The van der Waals surface area contributed by atoms with Crippen molar-refractivity contribution in [2.75, 3.05) is 12.9 Å². The van der Waals surface area contributed by atoms with E-state index in [1.54, 1.807) is 4.68 Å². The van der Waals surface area contributed by atoms with Crippen LogP contribution in [-0.2, 0) is 13.1 Å². The van der Waals surface area contributed by atoms with Crippen LogP contribution in [0.4, 0.5) is 0 Å². The topological polar surface area (TPSA) is 34.2 Å². The summed E-state index contributed by atoms with van der Waals surface area (Å²) >= 11 is 0. The van der Waals surface area contributed by atoms with Gasteiger partial charge in [-0.3, -0.25) is 9.58 Å². The van der Waals surface area contributed by atoms with Crippen LogP contribution in [0.3, 0.4) is 0 Å². The zero-order chi connectivity index (χ0) is 9.14. The van der Waals surface area contributed by atoms with E-state index in [1.165, 1.54) is 11.1 Å². The highest BCUT2D eigenvalue weighted by molar-refractivity contribution is 5.27. The van der Waals surface area contributed by atoms with Gasteiger partial charge in [0.1, 0.15) is 0 Å². The standard InChI is InChI=1S/C7H11N3.C2H6/c1-9-2-6-4-10(8)5-7(6)3-9;1-2/h4-5H,2-3,8H2,1H3;1-2H3. The smallest absolute Gasteiger partial charge is 0.0304 e. The van der Waals surface area contributed by atoms with Gasteiger partial charge >= 0.3 is 0 Å². The summed E-state index contributed by atoms with van der Waals surface area (Å²) in [6, 6.07) is 0. The number of nitrogens with zero attached hydrogens (tertiary/aromatic N) is 2. The van der Waals surface area contributed by atoms with Gasteiger partial charge in [0.2, 0.25) is 0 Å². The van der Waals surface area contributed by atoms with Crippen molar-refractivity contribution in [2.45, 2.75) is 26.9 Å². The van der Waals surface area contributed by atoms with E-state index in [-0.39, 0.29) is 0 Å². The summed E-state index contributed by atoms with van der Waals surface area (Å²) in [5, 5.41) is 0. The Kier molecular flexibility index (Phi) is 2.76. The second-order valence-electron chi connectivity index (χ2n) is 2.93. The van der Waals surface area contributed by atoms with Crippen molar-refractivity contribution >= 4 is 0 Å². The Balaban J connectivity index is 0.000000336. The summed E-state index contributed by atoms with van der Waals surface area (Å²) < 4.78 is 1.64. The molecule has 0 saturated carbocycles. The Labute approximate surface area is 73.7 Å². The van der Waals surface area contributed by atoms with Gasteiger partial charge in [-0.15, -0.1) is 0 Å². The molecule has 68 valence electrons. The molecule has 0 atom stereocenters. The van der Waals surface area contributed by atoms with Gasteiger partial charge in [0.25, 0.3) is 0 Å². The Morgan fingerprint density at radius 3 is 2.00 bits per heavy atom. The van der Waals surface area contributed by atoms with Gasteiger partial charge in [-0.05, 0) is 18.2 Å². The van der Waals surface area contributed by atoms with Crippen LogP contribution >= 0.6 is 0 Å². The van der Waals surface area contributed by atoms with Crippen LogP contribution < -0.4 is 5.84 Å². The maximum absolute atomic E-state index is 5.53. The number of aromatic nitrogens is 1. The van der Waals surface area contributed by atoms with E-state index >= 15 is 0 Å². The molecule has 2 N–H and O–H groups in total. The lowest BCUT2D eigenvalue weighted by Gasteiger charge is -2.04. The van der Waals surface area contributed by atoms with Crippen molar-refractivity contribution < 1.29 is 0 Å². The van der Waals surface area contributed by atoms with E-state index in [0.717, 1.165) is 13.1 Å². The Hall–Kier alpha value is -0.960. The molecule has 0 bridgehead atoms. The van der Waals surface area contributed by atoms with Gasteiger partial charge in [0.15, 0.2) is 0 Å². The average molecular weight is 167 g/mol. The molecule has 0 aliphatic carbocycles. The zero-order valence-corrected chi connectivity index (χ0v) is 8.04. The lowest BCUT2D eigenvalue weighted by molar-refractivity contribution is 0.351. The summed E-state index contributed by atoms with van der Waals surface area (Å²) in [6.45, 7) is 6.08. The first-order valence-corrected chi connectivity index (χ1v) is 4.39. The van der Waals surface area contributed by atoms with Crippen LogP contribution in [-0.4, -0.2) is 16.6 Å². The number of nitrogen functional groups attached to an aromatic ring is 1. The molecule has 0 spiro atoms. The molecule has 3 nitrogen and oxygen atoms in total. The summed E-state index contributed by atoms with van der Waals surface area (Å²) in [6.07, 6.45) is 3.97. The highest BCUT2D eigenvalue weighted by Crippen LogP contribution is 2.20. The van der Waals surface area contributed by atoms with E-state index in [2.05, 4.69) is 11.9 Å². The Morgan fingerprint density at radius 1 is 1.17 bits per heavy atom. The molecule has 2 heterocycles. The van der Waals surface area contributed by atoms with E-state index in [9.17, 15) is 0 Å². The molecule has 0 unspecified atom stereocenters. The van der Waals surface area contributed by atoms with E-state index in [4.69, 9.17) is 5.84 Å². The van der Waals surface area contributed by atoms with Crippen LogP contribution in [0.25, 0.3) is 0 Å². The van der Waals surface area contributed by atoms with Gasteiger partial charge in [0.05, 0.1) is 0 Å². The minimum absolute atomic E-state index is 1.04. The molecule has 0 radical (unpaired) electrons. The monoisotopic (exact) mass is 167 g/mol. The number of fused-ring (bicyclic) bond motifs is 1. The van der Waals surface area contributed by atoms with Crippen molar-refractivity contribution in [1.82, 2.24) is 9.58 Å². The molecule has 12 heavy (non-hydrogen) atoms. The zero-order valence-electron chi connectivity index (χ0n) is 8.04. The first-order valence-electron chi connectivity index (χ1n) is 4.39. The summed E-state index contributed by atoms with van der Waals surface area (Å²) in [7, 11) is 2.11. The largest absolute Gasteiger partial charge is 0.340 e. The number of hydrogen-bond donors (Lipinski definition) is 1. The minimum atomic E-state index is 1.04. The highest BCUT2D eigenvalue weighted by Gasteiger charge is 2.16. The van der Waals surface area contributed by atoms with Gasteiger partial charge in [-0.2, -0.15) is 0 Å². The molecule has 0 fully saturated rings. The van der Waals surface area contributed by atoms with Crippen LogP contribution in [0.1, 0.15) is 25.0 Å². The second kappa shape index (κ2) is 3.63. The summed E-state index contributed by atoms with van der Waals surface area (Å²) in [4.78, 5) is 2.27. The molecule has 1 aliphatic heterocycles. The van der Waals surface area contributed by atoms with Crippen molar-refractivity contribution in [3.05, 3.63) is 23.5 Å². The normalized spacial score (nSPS) is 15.2. The quantitative estimate of drug-likeness (QED) is 0.589. The molecule has 0 aromatic carbocycles. The number of nitrogens with two attached hydrogens (primary N) is 1. The van der Waals surface area contributed by atoms with Crippen LogP contribution in [0.2, 0.25) is 0 Å². The van der Waals surface area contributed by atoms with Crippen molar-refractivity contribution in [3.8, 4) is 0 Å². The molecule has 1 aromatic heterocycles. The van der Waals surface area contributed by atoms with Crippen LogP contribution in [0.5, 0.6) is 0 Å². The lowest BCUT2D eigenvalue weighted by Crippen LogP contribution is -2.11. The third-order valence-electron chi connectivity index (χ3n) is 1.90. The predicted molar refractivity (Wildman–Crippen MR) is 51.1 cm³/mol. The fourth-order valence-corrected chi connectivity index (χ4v) is 1.49. The first kappa shape index (κ1) is 9.13. The SMILES string of the molecule is CC.CN1Cc2cn(N)cc2C1.